The molecule has 0 fully saturated rings. The molecule has 0 N–H and O–H groups in total. The summed E-state index contributed by atoms with van der Waals surface area (Å²) < 4.78 is 16.8. The van der Waals surface area contributed by atoms with Crippen LogP contribution in [0, 0.1) is 0 Å². The monoisotopic (exact) mass is 869 g/mol. The van der Waals surface area contributed by atoms with Crippen LogP contribution in [0.2, 0.25) is 0 Å². The summed E-state index contributed by atoms with van der Waals surface area (Å²) in [5.74, 6) is -0.900. The number of rotatable bonds is 48. The molecule has 1 atom stereocenters. The highest BCUT2D eigenvalue weighted by atomic mass is 16.6. The lowest BCUT2D eigenvalue weighted by Gasteiger charge is -2.18. The number of hydrogen-bond acceptors (Lipinski definition) is 6. The van der Waals surface area contributed by atoms with Crippen molar-refractivity contribution < 1.29 is 28.6 Å². The lowest BCUT2D eigenvalue weighted by molar-refractivity contribution is -0.167. The Kier molecular flexibility index (Phi) is 48.8. The molecule has 0 rings (SSSR count). The van der Waals surface area contributed by atoms with E-state index in [1.54, 1.807) is 0 Å². The van der Waals surface area contributed by atoms with Crippen molar-refractivity contribution in [1.82, 2.24) is 0 Å². The van der Waals surface area contributed by atoms with Crippen LogP contribution in [0.25, 0.3) is 0 Å². The average molecular weight is 869 g/mol. The third kappa shape index (κ3) is 48.4. The van der Waals surface area contributed by atoms with E-state index in [4.69, 9.17) is 14.2 Å². The van der Waals surface area contributed by atoms with Crippen LogP contribution in [0.3, 0.4) is 0 Å². The summed E-state index contributed by atoms with van der Waals surface area (Å²) in [4.78, 5) is 38.0. The van der Waals surface area contributed by atoms with Gasteiger partial charge in [-0.2, -0.15) is 0 Å². The summed E-state index contributed by atoms with van der Waals surface area (Å²) in [6.45, 7) is 6.58. The maximum absolute atomic E-state index is 12.8. The second-order valence-electron chi connectivity index (χ2n) is 17.8. The van der Waals surface area contributed by atoms with Crippen LogP contribution in [-0.4, -0.2) is 37.2 Å². The maximum Gasteiger partial charge on any atom is 0.306 e. The van der Waals surface area contributed by atoms with Crippen molar-refractivity contribution in [2.75, 3.05) is 13.2 Å². The summed E-state index contributed by atoms with van der Waals surface area (Å²) >= 11 is 0. The second kappa shape index (κ2) is 51.0. The van der Waals surface area contributed by atoms with Gasteiger partial charge in [0, 0.05) is 19.3 Å². The SMILES string of the molecule is CCCCC/C=C\C/C=C\CCCCCCCCCC(=O)OC[C@@H](COC(=O)CCCCCCC/C=C\CCCCCC)OC(=O)CCCCCCC/C=C\CCCCCCC. The van der Waals surface area contributed by atoms with E-state index in [1.165, 1.54) is 141 Å². The fourth-order valence-corrected chi connectivity index (χ4v) is 7.46. The van der Waals surface area contributed by atoms with Crippen molar-refractivity contribution >= 4 is 17.9 Å². The van der Waals surface area contributed by atoms with E-state index in [0.29, 0.717) is 19.3 Å². The molecule has 0 aliphatic carbocycles. The first kappa shape index (κ1) is 59.4. The molecule has 6 nitrogen and oxygen atoms in total. The molecule has 0 aliphatic heterocycles. The largest absolute Gasteiger partial charge is 0.462 e. The van der Waals surface area contributed by atoms with E-state index < -0.39 is 6.10 Å². The average Bonchev–Trinajstić information content (AvgIpc) is 3.27. The van der Waals surface area contributed by atoms with Gasteiger partial charge >= 0.3 is 17.9 Å². The normalized spacial score (nSPS) is 12.4. The van der Waals surface area contributed by atoms with Crippen molar-refractivity contribution in [1.29, 1.82) is 0 Å². The number of esters is 3. The number of unbranched alkanes of at least 4 members (excludes halogenated alkanes) is 29. The molecular weight excluding hydrogens is 769 g/mol. The van der Waals surface area contributed by atoms with E-state index in [1.807, 2.05) is 0 Å². The van der Waals surface area contributed by atoms with Gasteiger partial charge < -0.3 is 14.2 Å². The summed E-state index contributed by atoms with van der Waals surface area (Å²) in [6, 6.07) is 0. The topological polar surface area (TPSA) is 78.9 Å². The Morgan fingerprint density at radius 2 is 0.581 bits per heavy atom. The zero-order chi connectivity index (χ0) is 45.1. The molecule has 0 aromatic carbocycles. The molecule has 0 saturated heterocycles. The highest BCUT2D eigenvalue weighted by Crippen LogP contribution is 2.14. The lowest BCUT2D eigenvalue weighted by atomic mass is 10.1. The molecule has 0 unspecified atom stereocenters. The maximum atomic E-state index is 12.8. The van der Waals surface area contributed by atoms with E-state index >= 15 is 0 Å². The minimum Gasteiger partial charge on any atom is -0.462 e. The van der Waals surface area contributed by atoms with Gasteiger partial charge in [-0.3, -0.25) is 14.4 Å². The van der Waals surface area contributed by atoms with Crippen LogP contribution in [0.4, 0.5) is 0 Å². The minimum absolute atomic E-state index is 0.0824. The van der Waals surface area contributed by atoms with Crippen molar-refractivity contribution in [3.05, 3.63) is 48.6 Å². The molecular formula is C56H100O6. The summed E-state index contributed by atoms with van der Waals surface area (Å²) in [6.07, 6.45) is 60.9. The molecule has 0 bridgehead atoms. The predicted octanol–water partition coefficient (Wildman–Crippen LogP) is 17.5. The molecule has 0 saturated carbocycles. The van der Waals surface area contributed by atoms with Gasteiger partial charge in [0.25, 0.3) is 0 Å². The Bertz CT molecular complexity index is 1090. The summed E-state index contributed by atoms with van der Waals surface area (Å²) in [5.41, 5.74) is 0. The molecule has 6 heteroatoms. The number of carbonyl (C=O) groups excluding carboxylic acids is 3. The molecule has 0 aromatic rings. The smallest absolute Gasteiger partial charge is 0.306 e. The van der Waals surface area contributed by atoms with Crippen molar-refractivity contribution in [3.63, 3.8) is 0 Å². The van der Waals surface area contributed by atoms with Crippen LogP contribution in [0.1, 0.15) is 271 Å². The van der Waals surface area contributed by atoms with Crippen LogP contribution in [-0.2, 0) is 28.6 Å². The van der Waals surface area contributed by atoms with Gasteiger partial charge in [-0.1, -0.05) is 198 Å². The summed E-state index contributed by atoms with van der Waals surface area (Å²) in [5, 5.41) is 0. The Hall–Kier alpha value is -2.63. The van der Waals surface area contributed by atoms with Crippen LogP contribution in [0.15, 0.2) is 48.6 Å². The molecule has 0 amide bonds. The number of ether oxygens (including phenoxy) is 3. The number of allylic oxidation sites excluding steroid dienone is 8. The first-order valence-corrected chi connectivity index (χ1v) is 26.6. The third-order valence-corrected chi connectivity index (χ3v) is 11.5. The molecule has 62 heavy (non-hydrogen) atoms. The Balaban J connectivity index is 4.39. The lowest BCUT2D eigenvalue weighted by Crippen LogP contribution is -2.30. The number of carbonyl (C=O) groups is 3. The first-order chi connectivity index (χ1) is 30.5. The van der Waals surface area contributed by atoms with Crippen molar-refractivity contribution in [2.45, 2.75) is 277 Å². The van der Waals surface area contributed by atoms with Crippen LogP contribution >= 0.6 is 0 Å². The Morgan fingerprint density at radius 1 is 0.323 bits per heavy atom. The van der Waals surface area contributed by atoms with Crippen LogP contribution < -0.4 is 0 Å². The molecule has 360 valence electrons. The second-order valence-corrected chi connectivity index (χ2v) is 17.8. The van der Waals surface area contributed by atoms with Gasteiger partial charge in [-0.05, 0) is 103 Å². The van der Waals surface area contributed by atoms with Gasteiger partial charge in [0.2, 0.25) is 0 Å². The molecule has 0 radical (unpaired) electrons. The van der Waals surface area contributed by atoms with Crippen molar-refractivity contribution in [2.24, 2.45) is 0 Å². The predicted molar refractivity (Wildman–Crippen MR) is 265 cm³/mol. The minimum atomic E-state index is -0.782. The standard InChI is InChI=1S/C56H100O6/c1-4-7-10-13-16-19-22-25-27-28-29-32-34-37-40-43-46-49-55(58)61-52-53(51-60-54(57)48-45-42-39-36-33-30-24-21-18-15-12-9-6-3)62-56(59)50-47-44-41-38-35-31-26-23-20-17-14-11-8-5-2/h16,19,21,23-27,53H,4-15,17-18,20,22,28-52H2,1-3H3/b19-16-,24-21-,26-23-,27-25-/t53-/m1/s1. The number of hydrogen-bond donors (Lipinski definition) is 0. The van der Waals surface area contributed by atoms with E-state index in [0.717, 1.165) is 89.9 Å². The quantitative estimate of drug-likeness (QED) is 0.0262. The molecule has 0 aliphatic rings. The molecule has 0 spiro atoms. The van der Waals surface area contributed by atoms with E-state index in [9.17, 15) is 14.4 Å². The van der Waals surface area contributed by atoms with Gasteiger partial charge in [-0.25, -0.2) is 0 Å². The van der Waals surface area contributed by atoms with Gasteiger partial charge in [-0.15, -0.1) is 0 Å². The van der Waals surface area contributed by atoms with Crippen molar-refractivity contribution in [3.8, 4) is 0 Å². The van der Waals surface area contributed by atoms with Gasteiger partial charge in [0.15, 0.2) is 6.10 Å². The summed E-state index contributed by atoms with van der Waals surface area (Å²) in [7, 11) is 0. The first-order valence-electron chi connectivity index (χ1n) is 26.6. The zero-order valence-corrected chi connectivity index (χ0v) is 41.1. The molecule has 0 aromatic heterocycles. The van der Waals surface area contributed by atoms with Crippen LogP contribution in [0.5, 0.6) is 0 Å². The van der Waals surface area contributed by atoms with E-state index in [2.05, 4.69) is 69.4 Å². The van der Waals surface area contributed by atoms with E-state index in [-0.39, 0.29) is 31.1 Å². The highest BCUT2D eigenvalue weighted by molar-refractivity contribution is 5.71. The fraction of sp³-hybridized carbons (Fsp3) is 0.804. The highest BCUT2D eigenvalue weighted by Gasteiger charge is 2.19. The fourth-order valence-electron chi connectivity index (χ4n) is 7.46. The zero-order valence-electron chi connectivity index (χ0n) is 41.1. The Morgan fingerprint density at radius 3 is 0.952 bits per heavy atom. The van der Waals surface area contributed by atoms with Gasteiger partial charge in [0.1, 0.15) is 13.2 Å². The van der Waals surface area contributed by atoms with Gasteiger partial charge in [0.05, 0.1) is 0 Å². The Labute approximate surface area is 384 Å². The third-order valence-electron chi connectivity index (χ3n) is 11.5. The molecule has 0 heterocycles.